The van der Waals surface area contributed by atoms with Crippen LogP contribution in [0.3, 0.4) is 0 Å². The van der Waals surface area contributed by atoms with Crippen LogP contribution in [-0.2, 0) is 4.79 Å². The lowest BCUT2D eigenvalue weighted by molar-refractivity contribution is -0.117. The first-order valence-electron chi connectivity index (χ1n) is 5.87. The minimum absolute atomic E-state index is 0.00255. The van der Waals surface area contributed by atoms with E-state index in [1.54, 1.807) is 29.2 Å². The molecule has 4 nitrogen and oxygen atoms in total. The molecule has 0 bridgehead atoms. The molecule has 1 aromatic rings. The molecule has 0 aliphatic carbocycles. The summed E-state index contributed by atoms with van der Waals surface area (Å²) in [4.78, 5) is 24.7. The molecule has 1 aliphatic rings. The monoisotopic (exact) mass is 242 g/mol. The highest BCUT2D eigenvalue weighted by Gasteiger charge is 2.37. The van der Waals surface area contributed by atoms with E-state index < -0.39 is 0 Å². The summed E-state index contributed by atoms with van der Waals surface area (Å²) in [6, 6.07) is 8.96. The average Bonchev–Trinajstić information content (AvgIpc) is 2.64. The van der Waals surface area contributed by atoms with Crippen LogP contribution in [0.1, 0.15) is 30.6 Å². The standard InChI is InChI=1S/C14H14N2O2/c1-9-12(8-15)7-14(18)16(9)13-5-3-11(4-6-13)10(2)17/h3-6,9,12H,7H2,1-2H3. The van der Waals surface area contributed by atoms with Crippen molar-refractivity contribution in [2.75, 3.05) is 4.90 Å². The summed E-state index contributed by atoms with van der Waals surface area (Å²) in [5.41, 5.74) is 1.37. The van der Waals surface area contributed by atoms with Gasteiger partial charge in [-0.2, -0.15) is 5.26 Å². The second-order valence-corrected chi connectivity index (χ2v) is 4.55. The van der Waals surface area contributed by atoms with E-state index in [-0.39, 0.29) is 30.1 Å². The summed E-state index contributed by atoms with van der Waals surface area (Å²) in [5.74, 6) is -0.299. The van der Waals surface area contributed by atoms with Crippen LogP contribution in [-0.4, -0.2) is 17.7 Å². The Balaban J connectivity index is 2.29. The van der Waals surface area contributed by atoms with E-state index in [2.05, 4.69) is 6.07 Å². The lowest BCUT2D eigenvalue weighted by Gasteiger charge is -2.22. The van der Waals surface area contributed by atoms with E-state index in [0.29, 0.717) is 5.56 Å². The summed E-state index contributed by atoms with van der Waals surface area (Å²) in [7, 11) is 0. The number of ketones is 1. The van der Waals surface area contributed by atoms with Crippen molar-refractivity contribution >= 4 is 17.4 Å². The van der Waals surface area contributed by atoms with Crippen molar-refractivity contribution in [2.45, 2.75) is 26.3 Å². The molecular formula is C14H14N2O2. The van der Waals surface area contributed by atoms with Gasteiger partial charge < -0.3 is 4.90 Å². The summed E-state index contributed by atoms with van der Waals surface area (Å²) in [6.07, 6.45) is 0.270. The summed E-state index contributed by atoms with van der Waals surface area (Å²) in [5, 5.41) is 8.96. The number of amides is 1. The number of anilines is 1. The SMILES string of the molecule is CC(=O)c1ccc(N2C(=O)CC(C#N)C2C)cc1. The zero-order valence-corrected chi connectivity index (χ0v) is 10.4. The molecule has 1 aromatic carbocycles. The Bertz CT molecular complexity index is 528. The molecule has 1 fully saturated rings. The first-order chi connectivity index (χ1) is 8.54. The van der Waals surface area contributed by atoms with Crippen LogP contribution in [0.5, 0.6) is 0 Å². The highest BCUT2D eigenvalue weighted by molar-refractivity contribution is 5.98. The highest BCUT2D eigenvalue weighted by atomic mass is 16.2. The van der Waals surface area contributed by atoms with Gasteiger partial charge in [0.2, 0.25) is 5.91 Å². The molecule has 18 heavy (non-hydrogen) atoms. The molecule has 2 atom stereocenters. The molecule has 0 saturated carbocycles. The molecule has 0 radical (unpaired) electrons. The number of hydrogen-bond acceptors (Lipinski definition) is 3. The lowest BCUT2D eigenvalue weighted by atomic mass is 10.0. The van der Waals surface area contributed by atoms with Crippen LogP contribution in [0.15, 0.2) is 24.3 Å². The smallest absolute Gasteiger partial charge is 0.228 e. The maximum Gasteiger partial charge on any atom is 0.228 e. The Labute approximate surface area is 106 Å². The number of nitrogens with zero attached hydrogens (tertiary/aromatic N) is 2. The van der Waals surface area contributed by atoms with E-state index in [1.165, 1.54) is 6.92 Å². The molecule has 1 aliphatic heterocycles. The van der Waals surface area contributed by atoms with Crippen LogP contribution in [0.2, 0.25) is 0 Å². The number of hydrogen-bond donors (Lipinski definition) is 0. The normalized spacial score (nSPS) is 22.9. The van der Waals surface area contributed by atoms with Gasteiger partial charge in [0.25, 0.3) is 0 Å². The number of carbonyl (C=O) groups excluding carboxylic acids is 2. The van der Waals surface area contributed by atoms with Crippen LogP contribution >= 0.6 is 0 Å². The lowest BCUT2D eigenvalue weighted by Crippen LogP contribution is -2.32. The second kappa shape index (κ2) is 4.61. The Hall–Kier alpha value is -2.15. The third kappa shape index (κ3) is 2.00. The van der Waals surface area contributed by atoms with Gasteiger partial charge in [0, 0.05) is 17.7 Å². The summed E-state index contributed by atoms with van der Waals surface area (Å²) < 4.78 is 0. The summed E-state index contributed by atoms with van der Waals surface area (Å²) >= 11 is 0. The predicted octanol–water partition coefficient (Wildman–Crippen LogP) is 2.15. The number of benzene rings is 1. The molecule has 2 rings (SSSR count). The Morgan fingerprint density at radius 3 is 2.44 bits per heavy atom. The largest absolute Gasteiger partial charge is 0.308 e. The average molecular weight is 242 g/mol. The van der Waals surface area contributed by atoms with Crippen LogP contribution in [0.25, 0.3) is 0 Å². The quantitative estimate of drug-likeness (QED) is 0.746. The van der Waals surface area contributed by atoms with Gasteiger partial charge in [-0.25, -0.2) is 0 Å². The topological polar surface area (TPSA) is 61.2 Å². The molecule has 0 N–H and O–H groups in total. The van der Waals surface area contributed by atoms with Gasteiger partial charge in [0.15, 0.2) is 5.78 Å². The zero-order valence-electron chi connectivity index (χ0n) is 10.4. The predicted molar refractivity (Wildman–Crippen MR) is 67.1 cm³/mol. The molecule has 4 heteroatoms. The fraction of sp³-hybridized carbons (Fsp3) is 0.357. The number of nitriles is 1. The van der Waals surface area contributed by atoms with Gasteiger partial charge in [0.05, 0.1) is 18.0 Å². The van der Waals surface area contributed by atoms with Crippen molar-refractivity contribution in [3.63, 3.8) is 0 Å². The van der Waals surface area contributed by atoms with Gasteiger partial charge >= 0.3 is 0 Å². The van der Waals surface area contributed by atoms with Crippen molar-refractivity contribution in [3.05, 3.63) is 29.8 Å². The van der Waals surface area contributed by atoms with Crippen LogP contribution in [0, 0.1) is 17.2 Å². The molecular weight excluding hydrogens is 228 g/mol. The van der Waals surface area contributed by atoms with Crippen molar-refractivity contribution in [2.24, 2.45) is 5.92 Å². The molecule has 0 aromatic heterocycles. The minimum Gasteiger partial charge on any atom is -0.308 e. The summed E-state index contributed by atoms with van der Waals surface area (Å²) in [6.45, 7) is 3.38. The zero-order chi connectivity index (χ0) is 13.3. The molecule has 1 heterocycles. The van der Waals surface area contributed by atoms with Gasteiger partial charge in [-0.15, -0.1) is 0 Å². The first-order valence-corrected chi connectivity index (χ1v) is 5.87. The third-order valence-electron chi connectivity index (χ3n) is 3.37. The number of carbonyl (C=O) groups is 2. The fourth-order valence-electron chi connectivity index (χ4n) is 2.25. The second-order valence-electron chi connectivity index (χ2n) is 4.55. The van der Waals surface area contributed by atoms with Gasteiger partial charge in [-0.1, -0.05) is 0 Å². The van der Waals surface area contributed by atoms with Crippen molar-refractivity contribution in [1.29, 1.82) is 5.26 Å². The van der Waals surface area contributed by atoms with Crippen molar-refractivity contribution in [3.8, 4) is 6.07 Å². The molecule has 92 valence electrons. The van der Waals surface area contributed by atoms with Gasteiger partial charge in [-0.3, -0.25) is 9.59 Å². The maximum atomic E-state index is 11.9. The minimum atomic E-state index is -0.259. The van der Waals surface area contributed by atoms with Crippen LogP contribution < -0.4 is 4.90 Å². The fourth-order valence-corrected chi connectivity index (χ4v) is 2.25. The van der Waals surface area contributed by atoms with Gasteiger partial charge in [-0.05, 0) is 38.1 Å². The highest BCUT2D eigenvalue weighted by Crippen LogP contribution is 2.30. The van der Waals surface area contributed by atoms with E-state index >= 15 is 0 Å². The molecule has 1 saturated heterocycles. The molecule has 2 unspecified atom stereocenters. The Morgan fingerprint density at radius 1 is 1.39 bits per heavy atom. The van der Waals surface area contributed by atoms with Crippen molar-refractivity contribution in [1.82, 2.24) is 0 Å². The Kier molecular flexibility index (Phi) is 3.15. The molecule has 1 amide bonds. The first kappa shape index (κ1) is 12.3. The number of Topliss-reactive ketones (excluding diaryl/α,β-unsaturated/α-hetero) is 1. The van der Waals surface area contributed by atoms with E-state index in [0.717, 1.165) is 5.69 Å². The van der Waals surface area contributed by atoms with Gasteiger partial charge in [0.1, 0.15) is 0 Å². The van der Waals surface area contributed by atoms with Crippen molar-refractivity contribution < 1.29 is 9.59 Å². The Morgan fingerprint density at radius 2 is 2.00 bits per heavy atom. The van der Waals surface area contributed by atoms with E-state index in [9.17, 15) is 9.59 Å². The number of rotatable bonds is 2. The maximum absolute atomic E-state index is 11.9. The third-order valence-corrected chi connectivity index (χ3v) is 3.37. The van der Waals surface area contributed by atoms with Crippen LogP contribution in [0.4, 0.5) is 5.69 Å². The molecule has 0 spiro atoms. The van der Waals surface area contributed by atoms with E-state index in [1.807, 2.05) is 6.92 Å². The van der Waals surface area contributed by atoms with E-state index in [4.69, 9.17) is 5.26 Å².